The molecule has 0 unspecified atom stereocenters. The lowest BCUT2D eigenvalue weighted by Crippen LogP contribution is -2.09. The molecule has 0 atom stereocenters. The van der Waals surface area contributed by atoms with E-state index in [-0.39, 0.29) is 0 Å². The van der Waals surface area contributed by atoms with E-state index in [4.69, 9.17) is 5.73 Å². The van der Waals surface area contributed by atoms with Crippen LogP contribution in [0, 0.1) is 0 Å². The molecule has 4 nitrogen and oxygen atoms in total. The van der Waals surface area contributed by atoms with Gasteiger partial charge in [-0.1, -0.05) is 65.5 Å². The minimum Gasteiger partial charge on any atom is -0.387 e. The fraction of sp³-hybridized carbons (Fsp3) is 0.136. The third kappa shape index (κ3) is 6.15. The first-order valence-electron chi connectivity index (χ1n) is 8.61. The molecule has 0 saturated carbocycles. The normalized spacial score (nSPS) is 12.8. The third-order valence-electron chi connectivity index (χ3n) is 3.79. The first kappa shape index (κ1) is 20.5. The van der Waals surface area contributed by atoms with Gasteiger partial charge in [0.15, 0.2) is 0 Å². The van der Waals surface area contributed by atoms with Crippen LogP contribution >= 0.6 is 15.9 Å². The molecular formula is C22H25BrN4. The van der Waals surface area contributed by atoms with Crippen molar-refractivity contribution < 1.29 is 0 Å². The Kier molecular flexibility index (Phi) is 7.44. The van der Waals surface area contributed by atoms with Crippen LogP contribution in [0.3, 0.4) is 0 Å². The summed E-state index contributed by atoms with van der Waals surface area (Å²) in [6, 6.07) is 12.3. The van der Waals surface area contributed by atoms with Gasteiger partial charge in [0.05, 0.1) is 5.84 Å². The number of nitrogens with one attached hydrogen (secondary N) is 2. The van der Waals surface area contributed by atoms with Crippen molar-refractivity contribution in [2.75, 3.05) is 0 Å². The van der Waals surface area contributed by atoms with Crippen LogP contribution in [-0.4, -0.2) is 10.8 Å². The number of aromatic amines is 1. The lowest BCUT2D eigenvalue weighted by molar-refractivity contribution is 1.10. The number of rotatable bonds is 8. The monoisotopic (exact) mass is 424 g/mol. The number of H-pyrrole nitrogens is 1. The molecule has 0 spiro atoms. The molecule has 140 valence electrons. The average Bonchev–Trinajstić information content (AvgIpc) is 3.03. The molecule has 0 bridgehead atoms. The van der Waals surface area contributed by atoms with E-state index < -0.39 is 0 Å². The third-order valence-corrected chi connectivity index (χ3v) is 4.47. The molecule has 2 aromatic rings. The van der Waals surface area contributed by atoms with E-state index >= 15 is 0 Å². The van der Waals surface area contributed by atoms with Crippen molar-refractivity contribution >= 4 is 33.3 Å². The highest BCUT2D eigenvalue weighted by atomic mass is 79.9. The molecule has 27 heavy (non-hydrogen) atoms. The van der Waals surface area contributed by atoms with E-state index in [1.807, 2.05) is 37.3 Å². The van der Waals surface area contributed by atoms with Gasteiger partial charge in [-0.3, -0.25) is 0 Å². The predicted molar refractivity (Wildman–Crippen MR) is 120 cm³/mol. The Hall–Kier alpha value is -2.79. The Morgan fingerprint density at radius 3 is 2.63 bits per heavy atom. The number of hydrogen-bond donors (Lipinski definition) is 3. The topological polar surface area (TPSA) is 66.2 Å². The van der Waals surface area contributed by atoms with Crippen LogP contribution in [0.4, 0.5) is 5.82 Å². The second-order valence-corrected chi connectivity index (χ2v) is 6.97. The smallest absolute Gasteiger partial charge is 0.141 e. The fourth-order valence-electron chi connectivity index (χ4n) is 2.52. The van der Waals surface area contributed by atoms with Crippen molar-refractivity contribution in [3.8, 4) is 0 Å². The van der Waals surface area contributed by atoms with Gasteiger partial charge in [-0.25, -0.2) is 4.99 Å². The van der Waals surface area contributed by atoms with Gasteiger partial charge in [0.25, 0.3) is 0 Å². The minimum absolute atomic E-state index is 0.480. The largest absolute Gasteiger partial charge is 0.387 e. The Balaban J connectivity index is 2.33. The first-order chi connectivity index (χ1) is 12.9. The number of benzene rings is 1. The molecule has 1 heterocycles. The molecule has 0 aliphatic carbocycles. The van der Waals surface area contributed by atoms with Crippen LogP contribution in [0.5, 0.6) is 0 Å². The van der Waals surface area contributed by atoms with Crippen molar-refractivity contribution in [2.24, 2.45) is 10.7 Å². The molecule has 0 aliphatic heterocycles. The molecule has 5 heteroatoms. The van der Waals surface area contributed by atoms with Crippen LogP contribution in [0.2, 0.25) is 0 Å². The molecule has 0 radical (unpaired) electrons. The maximum atomic E-state index is 5.81. The maximum absolute atomic E-state index is 5.81. The summed E-state index contributed by atoms with van der Waals surface area (Å²) >= 11 is 3.48. The lowest BCUT2D eigenvalue weighted by atomic mass is 10.1. The van der Waals surface area contributed by atoms with E-state index in [0.717, 1.165) is 27.9 Å². The average molecular weight is 425 g/mol. The molecule has 0 saturated heterocycles. The molecule has 1 aromatic carbocycles. The molecule has 4 N–H and O–H groups in total. The van der Waals surface area contributed by atoms with Crippen LogP contribution in [0.1, 0.15) is 30.7 Å². The van der Waals surface area contributed by atoms with Crippen molar-refractivity contribution in [1.29, 1.82) is 0 Å². The van der Waals surface area contributed by atoms with E-state index in [1.54, 1.807) is 13.0 Å². The van der Waals surface area contributed by atoms with E-state index in [2.05, 4.69) is 62.6 Å². The summed E-state index contributed by atoms with van der Waals surface area (Å²) in [5, 5.41) is 3.29. The number of aliphatic imine (C=N–C) groups is 1. The Bertz CT molecular complexity index is 898. The minimum atomic E-state index is 0.480. The van der Waals surface area contributed by atoms with Gasteiger partial charge >= 0.3 is 0 Å². The molecule has 0 fully saturated rings. The number of halogens is 1. The van der Waals surface area contributed by atoms with E-state index in [0.29, 0.717) is 17.4 Å². The van der Waals surface area contributed by atoms with Gasteiger partial charge < -0.3 is 16.0 Å². The van der Waals surface area contributed by atoms with Crippen LogP contribution in [0.15, 0.2) is 83.0 Å². The van der Waals surface area contributed by atoms with Gasteiger partial charge in [0, 0.05) is 33.6 Å². The SMILES string of the molecule is C=C/C(=C\C(Br)=C/C)NC(=C)c1cc(Cc2ccccc2)[nH]c1/N=C(\C)N. The zero-order chi connectivity index (χ0) is 19.8. The van der Waals surface area contributed by atoms with Crippen LogP contribution < -0.4 is 11.1 Å². The zero-order valence-electron chi connectivity index (χ0n) is 15.7. The highest BCUT2D eigenvalue weighted by Gasteiger charge is 2.12. The Morgan fingerprint density at radius 2 is 2.04 bits per heavy atom. The number of nitrogens with zero attached hydrogens (tertiary/aromatic N) is 1. The molecule has 0 amide bonds. The first-order valence-corrected chi connectivity index (χ1v) is 9.41. The highest BCUT2D eigenvalue weighted by molar-refractivity contribution is 9.11. The summed E-state index contributed by atoms with van der Waals surface area (Å²) in [6.07, 6.45) is 6.40. The van der Waals surface area contributed by atoms with Gasteiger partial charge in [0.1, 0.15) is 5.82 Å². The number of hydrogen-bond acceptors (Lipinski definition) is 2. The lowest BCUT2D eigenvalue weighted by Gasteiger charge is -2.10. The van der Waals surface area contributed by atoms with Crippen molar-refractivity contribution in [3.63, 3.8) is 0 Å². The number of nitrogens with two attached hydrogens (primary N) is 1. The Labute approximate surface area is 169 Å². The quantitative estimate of drug-likeness (QED) is 0.295. The summed E-state index contributed by atoms with van der Waals surface area (Å²) in [6.45, 7) is 11.7. The van der Waals surface area contributed by atoms with E-state index in [9.17, 15) is 0 Å². The van der Waals surface area contributed by atoms with Crippen molar-refractivity contribution in [2.45, 2.75) is 20.3 Å². The fourth-order valence-corrected chi connectivity index (χ4v) is 2.77. The summed E-state index contributed by atoms with van der Waals surface area (Å²) in [7, 11) is 0. The maximum Gasteiger partial charge on any atom is 0.141 e. The van der Waals surface area contributed by atoms with Crippen LogP contribution in [-0.2, 0) is 6.42 Å². The van der Waals surface area contributed by atoms with Crippen molar-refractivity contribution in [1.82, 2.24) is 10.3 Å². The summed E-state index contributed by atoms with van der Waals surface area (Å²) in [5.74, 6) is 1.17. The number of amidine groups is 1. The van der Waals surface area contributed by atoms with Gasteiger partial charge in [-0.15, -0.1) is 0 Å². The number of aromatic nitrogens is 1. The molecule has 1 aromatic heterocycles. The van der Waals surface area contributed by atoms with Crippen molar-refractivity contribution in [3.05, 3.63) is 94.8 Å². The van der Waals surface area contributed by atoms with Gasteiger partial charge in [0.2, 0.25) is 0 Å². The molecule has 0 aliphatic rings. The summed E-state index contributed by atoms with van der Waals surface area (Å²) in [4.78, 5) is 7.78. The standard InChI is InChI=1S/C22H25BrN4/c1-5-18(23)13-19(6-2)25-15(3)21-14-20(27-22(21)26-16(4)24)12-17-10-8-7-9-11-17/h5-11,13-14,25,27H,2-3,12H2,1,4H3,(H2,24,26)/b18-5+,19-13+. The van der Waals surface area contributed by atoms with Gasteiger partial charge in [-0.2, -0.15) is 0 Å². The number of allylic oxidation sites excluding steroid dienone is 4. The molecule has 2 rings (SSSR count). The second kappa shape index (κ2) is 9.78. The second-order valence-electron chi connectivity index (χ2n) is 6.05. The van der Waals surface area contributed by atoms with E-state index in [1.165, 1.54) is 5.56 Å². The zero-order valence-corrected chi connectivity index (χ0v) is 17.3. The molecular weight excluding hydrogens is 400 g/mol. The summed E-state index contributed by atoms with van der Waals surface area (Å²) in [5.41, 5.74) is 10.5. The highest BCUT2D eigenvalue weighted by Crippen LogP contribution is 2.27. The van der Waals surface area contributed by atoms with Crippen LogP contribution in [0.25, 0.3) is 5.70 Å². The Morgan fingerprint density at radius 1 is 1.33 bits per heavy atom. The summed E-state index contributed by atoms with van der Waals surface area (Å²) < 4.78 is 0.951. The van der Waals surface area contributed by atoms with Gasteiger partial charge in [-0.05, 0) is 37.6 Å². The predicted octanol–water partition coefficient (Wildman–Crippen LogP) is 5.54.